The minimum atomic E-state index is -0.445. The van der Waals surface area contributed by atoms with Crippen molar-refractivity contribution in [3.05, 3.63) is 105 Å². The van der Waals surface area contributed by atoms with E-state index in [1.54, 1.807) is 30.3 Å². The van der Waals surface area contributed by atoms with Crippen molar-refractivity contribution in [3.8, 4) is 5.75 Å². The average Bonchev–Trinajstić information content (AvgIpc) is 3.07. The van der Waals surface area contributed by atoms with Crippen LogP contribution in [0.25, 0.3) is 6.08 Å². The Morgan fingerprint density at radius 3 is 2.39 bits per heavy atom. The molecule has 2 amide bonds. The Morgan fingerprint density at radius 1 is 1.06 bits per heavy atom. The molecule has 1 aliphatic heterocycles. The van der Waals surface area contributed by atoms with Crippen molar-refractivity contribution in [2.75, 3.05) is 0 Å². The van der Waals surface area contributed by atoms with Gasteiger partial charge in [0.1, 0.15) is 12.4 Å². The lowest BCUT2D eigenvalue weighted by Gasteiger charge is -2.15. The Kier molecular flexibility index (Phi) is 7.13. The number of hydrogen-bond donors (Lipinski definition) is 1. The zero-order chi connectivity index (χ0) is 23.4. The number of rotatable bonds is 6. The van der Waals surface area contributed by atoms with Crippen molar-refractivity contribution in [1.29, 1.82) is 0 Å². The molecule has 1 heterocycles. The van der Waals surface area contributed by atoms with Gasteiger partial charge in [-0.1, -0.05) is 65.3 Å². The van der Waals surface area contributed by atoms with Crippen LogP contribution in [0.1, 0.15) is 27.0 Å². The average molecular weight is 495 g/mol. The van der Waals surface area contributed by atoms with Gasteiger partial charge >= 0.3 is 0 Å². The van der Waals surface area contributed by atoms with Gasteiger partial charge in [0.25, 0.3) is 11.8 Å². The number of ether oxygens (including phenoxy) is 1. The van der Waals surface area contributed by atoms with Gasteiger partial charge in [0, 0.05) is 10.6 Å². The smallest absolute Gasteiger partial charge is 0.285 e. The lowest BCUT2D eigenvalue weighted by Crippen LogP contribution is -2.44. The number of aryl methyl sites for hydroxylation is 1. The van der Waals surface area contributed by atoms with E-state index in [1.807, 2.05) is 43.3 Å². The third-order valence-electron chi connectivity index (χ3n) is 4.82. The number of halogens is 1. The number of hydrogen-bond acceptors (Lipinski definition) is 5. The van der Waals surface area contributed by atoms with Gasteiger partial charge in [0.15, 0.2) is 4.32 Å². The molecule has 0 bridgehead atoms. The number of nitrogens with zero attached hydrogens (tertiary/aromatic N) is 1. The van der Waals surface area contributed by atoms with Crippen molar-refractivity contribution in [1.82, 2.24) is 10.4 Å². The number of carbonyl (C=O) groups is 2. The molecule has 166 valence electrons. The molecular formula is C25H19ClN2O3S2. The molecule has 0 saturated carbocycles. The van der Waals surface area contributed by atoms with Crippen LogP contribution in [-0.2, 0) is 11.4 Å². The highest BCUT2D eigenvalue weighted by Gasteiger charge is 2.33. The van der Waals surface area contributed by atoms with E-state index in [9.17, 15) is 9.59 Å². The second-order valence-electron chi connectivity index (χ2n) is 7.31. The van der Waals surface area contributed by atoms with E-state index in [0.29, 0.717) is 22.1 Å². The fraction of sp³-hybridized carbons (Fsp3) is 0.0800. The van der Waals surface area contributed by atoms with E-state index >= 15 is 0 Å². The monoisotopic (exact) mass is 494 g/mol. The molecule has 8 heteroatoms. The van der Waals surface area contributed by atoms with E-state index in [2.05, 4.69) is 17.6 Å². The van der Waals surface area contributed by atoms with Crippen molar-refractivity contribution in [3.63, 3.8) is 0 Å². The largest absolute Gasteiger partial charge is 0.489 e. The molecular weight excluding hydrogens is 476 g/mol. The second-order valence-corrected chi connectivity index (χ2v) is 9.42. The molecule has 33 heavy (non-hydrogen) atoms. The van der Waals surface area contributed by atoms with Crippen molar-refractivity contribution < 1.29 is 14.3 Å². The topological polar surface area (TPSA) is 58.6 Å². The van der Waals surface area contributed by atoms with Gasteiger partial charge in [-0.2, -0.15) is 5.01 Å². The molecule has 1 fully saturated rings. The summed E-state index contributed by atoms with van der Waals surface area (Å²) in [5.74, 6) is -0.0955. The first-order valence-corrected chi connectivity index (χ1v) is 11.6. The van der Waals surface area contributed by atoms with Crippen molar-refractivity contribution >= 4 is 57.8 Å². The number of carbonyl (C=O) groups excluding carboxylic acids is 2. The standard InChI is InChI=1S/C25H19ClN2O3S2/c1-16-2-4-18(5-3-16)15-31-21-12-6-17(7-13-21)14-22-24(30)28(25(32)33-22)27-23(29)19-8-10-20(26)11-9-19/h2-14H,15H2,1H3,(H,27,29)/b22-14-. The van der Waals surface area contributed by atoms with Gasteiger partial charge in [-0.3, -0.25) is 15.0 Å². The summed E-state index contributed by atoms with van der Waals surface area (Å²) >= 11 is 12.3. The predicted molar refractivity (Wildman–Crippen MR) is 136 cm³/mol. The Balaban J connectivity index is 1.38. The van der Waals surface area contributed by atoms with Gasteiger partial charge in [0.05, 0.1) is 4.91 Å². The summed E-state index contributed by atoms with van der Waals surface area (Å²) in [6.07, 6.45) is 1.73. The number of thioether (sulfide) groups is 1. The third kappa shape index (κ3) is 5.82. The molecule has 3 aromatic carbocycles. The number of amides is 2. The molecule has 0 aliphatic carbocycles. The predicted octanol–water partition coefficient (Wildman–Crippen LogP) is 5.77. The molecule has 0 unspecified atom stereocenters. The maximum Gasteiger partial charge on any atom is 0.285 e. The molecule has 0 radical (unpaired) electrons. The zero-order valence-electron chi connectivity index (χ0n) is 17.6. The highest BCUT2D eigenvalue weighted by atomic mass is 35.5. The fourth-order valence-corrected chi connectivity index (χ4v) is 4.30. The highest BCUT2D eigenvalue weighted by Crippen LogP contribution is 2.31. The summed E-state index contributed by atoms with van der Waals surface area (Å²) in [4.78, 5) is 25.6. The van der Waals surface area contributed by atoms with E-state index in [-0.39, 0.29) is 10.2 Å². The first-order chi connectivity index (χ1) is 15.9. The molecule has 4 rings (SSSR count). The van der Waals surface area contributed by atoms with E-state index in [0.717, 1.165) is 33.6 Å². The van der Waals surface area contributed by atoms with Gasteiger partial charge in [-0.05, 0) is 72.7 Å². The Morgan fingerprint density at radius 2 is 1.73 bits per heavy atom. The molecule has 0 spiro atoms. The van der Waals surface area contributed by atoms with E-state index < -0.39 is 5.91 Å². The van der Waals surface area contributed by atoms with Gasteiger partial charge in [-0.15, -0.1) is 0 Å². The molecule has 5 nitrogen and oxygen atoms in total. The maximum absolute atomic E-state index is 12.8. The SMILES string of the molecule is Cc1ccc(COc2ccc(/C=C3\SC(=S)N(NC(=O)c4ccc(Cl)cc4)C3=O)cc2)cc1. The normalized spacial score (nSPS) is 14.6. The summed E-state index contributed by atoms with van der Waals surface area (Å²) in [5.41, 5.74) is 6.05. The molecule has 3 aromatic rings. The number of thiocarbonyl (C=S) groups is 1. The lowest BCUT2D eigenvalue weighted by atomic mass is 10.1. The first kappa shape index (κ1) is 23.0. The molecule has 1 saturated heterocycles. The Bertz CT molecular complexity index is 1220. The fourth-order valence-electron chi connectivity index (χ4n) is 2.99. The van der Waals surface area contributed by atoms with Crippen LogP contribution >= 0.6 is 35.6 Å². The van der Waals surface area contributed by atoms with Gasteiger partial charge in [0.2, 0.25) is 0 Å². The summed E-state index contributed by atoms with van der Waals surface area (Å²) in [7, 11) is 0. The van der Waals surface area contributed by atoms with Crippen LogP contribution in [0.3, 0.4) is 0 Å². The van der Waals surface area contributed by atoms with Crippen LogP contribution in [0.4, 0.5) is 0 Å². The van der Waals surface area contributed by atoms with Crippen LogP contribution in [0, 0.1) is 6.92 Å². The quantitative estimate of drug-likeness (QED) is 0.348. The maximum atomic E-state index is 12.8. The summed E-state index contributed by atoms with van der Waals surface area (Å²) in [6, 6.07) is 22.0. The highest BCUT2D eigenvalue weighted by molar-refractivity contribution is 8.26. The molecule has 0 atom stereocenters. The minimum absolute atomic E-state index is 0.256. The van der Waals surface area contributed by atoms with E-state index in [1.165, 1.54) is 5.56 Å². The van der Waals surface area contributed by atoms with Crippen molar-refractivity contribution in [2.24, 2.45) is 0 Å². The summed E-state index contributed by atoms with van der Waals surface area (Å²) < 4.78 is 6.08. The summed E-state index contributed by atoms with van der Waals surface area (Å²) in [6.45, 7) is 2.52. The second kappa shape index (κ2) is 10.2. The van der Waals surface area contributed by atoms with Crippen LogP contribution in [0.2, 0.25) is 5.02 Å². The third-order valence-corrected chi connectivity index (χ3v) is 6.37. The first-order valence-electron chi connectivity index (χ1n) is 10.0. The number of benzene rings is 3. The van der Waals surface area contributed by atoms with Crippen LogP contribution in [0.5, 0.6) is 5.75 Å². The van der Waals surface area contributed by atoms with Crippen LogP contribution < -0.4 is 10.2 Å². The molecule has 0 aromatic heterocycles. The lowest BCUT2D eigenvalue weighted by molar-refractivity contribution is -0.123. The van der Waals surface area contributed by atoms with Crippen molar-refractivity contribution in [2.45, 2.75) is 13.5 Å². The van der Waals surface area contributed by atoms with Crippen LogP contribution in [0.15, 0.2) is 77.7 Å². The van der Waals surface area contributed by atoms with Gasteiger partial charge in [-0.25, -0.2) is 0 Å². The van der Waals surface area contributed by atoms with Gasteiger partial charge < -0.3 is 4.74 Å². The Labute approximate surface area is 206 Å². The Hall–Kier alpha value is -3.13. The van der Waals surface area contributed by atoms with E-state index in [4.69, 9.17) is 28.6 Å². The minimum Gasteiger partial charge on any atom is -0.489 e. The molecule has 1 aliphatic rings. The molecule has 1 N–H and O–H groups in total. The zero-order valence-corrected chi connectivity index (χ0v) is 20.0. The van der Waals surface area contributed by atoms with Crippen LogP contribution in [-0.4, -0.2) is 21.1 Å². The summed E-state index contributed by atoms with van der Waals surface area (Å²) in [5, 5.41) is 1.61. The number of hydrazine groups is 1. The number of nitrogens with one attached hydrogen (secondary N) is 1.